The predicted molar refractivity (Wildman–Crippen MR) is 90.6 cm³/mol. The van der Waals surface area contributed by atoms with Gasteiger partial charge in [0, 0.05) is 5.69 Å². The number of carbonyl (C=O) groups excluding carboxylic acids is 2. The molecule has 2 aromatic carbocycles. The van der Waals surface area contributed by atoms with Crippen molar-refractivity contribution >= 4 is 23.2 Å². The monoisotopic (exact) mass is 380 g/mol. The number of hydrogen-bond acceptors (Lipinski definition) is 5. The molecule has 27 heavy (non-hydrogen) atoms. The van der Waals surface area contributed by atoms with E-state index in [2.05, 4.69) is 10.1 Å². The highest BCUT2D eigenvalue weighted by Gasteiger charge is 2.39. The van der Waals surface area contributed by atoms with E-state index in [4.69, 9.17) is 4.74 Å². The number of halogens is 3. The quantitative estimate of drug-likeness (QED) is 0.806. The minimum Gasteiger partial charge on any atom is -0.497 e. The lowest BCUT2D eigenvalue weighted by molar-refractivity contribution is -0.274. The molecule has 1 fully saturated rings. The van der Waals surface area contributed by atoms with E-state index in [-0.39, 0.29) is 18.1 Å². The number of carbonyl (C=O) groups is 2. The fourth-order valence-electron chi connectivity index (χ4n) is 2.70. The zero-order valence-corrected chi connectivity index (χ0v) is 14.1. The molecular weight excluding hydrogens is 365 g/mol. The van der Waals surface area contributed by atoms with Crippen molar-refractivity contribution in [3.8, 4) is 11.5 Å². The molecule has 0 saturated carbocycles. The number of rotatable bonds is 5. The molecular formula is C18H15F3N2O4. The van der Waals surface area contributed by atoms with Crippen LogP contribution in [0.5, 0.6) is 11.5 Å². The van der Waals surface area contributed by atoms with Crippen LogP contribution in [0.25, 0.3) is 0 Å². The number of hydrogen-bond donors (Lipinski definition) is 1. The Hall–Kier alpha value is -3.23. The van der Waals surface area contributed by atoms with Gasteiger partial charge in [-0.05, 0) is 48.5 Å². The van der Waals surface area contributed by atoms with Crippen LogP contribution in [0, 0.1) is 0 Å². The third kappa shape index (κ3) is 4.30. The Morgan fingerprint density at radius 2 is 1.59 bits per heavy atom. The Morgan fingerprint density at radius 1 is 1.00 bits per heavy atom. The fraction of sp³-hybridized carbons (Fsp3) is 0.222. The molecule has 6 nitrogen and oxygen atoms in total. The number of imide groups is 1. The van der Waals surface area contributed by atoms with Crippen LogP contribution in [0.4, 0.5) is 24.5 Å². The molecule has 1 aliphatic rings. The number of benzene rings is 2. The van der Waals surface area contributed by atoms with Gasteiger partial charge >= 0.3 is 6.36 Å². The number of nitrogens with zero attached hydrogens (tertiary/aromatic N) is 1. The molecule has 3 rings (SSSR count). The van der Waals surface area contributed by atoms with Gasteiger partial charge in [0.2, 0.25) is 5.91 Å². The second-order valence-electron chi connectivity index (χ2n) is 5.74. The molecule has 9 heteroatoms. The van der Waals surface area contributed by atoms with E-state index < -0.39 is 18.3 Å². The molecule has 1 saturated heterocycles. The van der Waals surface area contributed by atoms with E-state index >= 15 is 0 Å². The number of anilines is 2. The molecule has 1 N–H and O–H groups in total. The van der Waals surface area contributed by atoms with Gasteiger partial charge in [-0.1, -0.05) is 0 Å². The summed E-state index contributed by atoms with van der Waals surface area (Å²) in [6.07, 6.45) is -4.84. The van der Waals surface area contributed by atoms with Gasteiger partial charge in [-0.3, -0.25) is 9.59 Å². The first-order chi connectivity index (χ1) is 12.8. The lowest BCUT2D eigenvalue weighted by Gasteiger charge is -2.16. The van der Waals surface area contributed by atoms with Crippen LogP contribution in [0.2, 0.25) is 0 Å². The third-order valence-corrected chi connectivity index (χ3v) is 3.91. The molecule has 0 bridgehead atoms. The van der Waals surface area contributed by atoms with Crippen molar-refractivity contribution in [2.24, 2.45) is 0 Å². The van der Waals surface area contributed by atoms with Crippen molar-refractivity contribution in [1.29, 1.82) is 0 Å². The molecule has 1 heterocycles. The highest BCUT2D eigenvalue weighted by Crippen LogP contribution is 2.28. The summed E-state index contributed by atoms with van der Waals surface area (Å²) in [6, 6.07) is 10.6. The van der Waals surface area contributed by atoms with Crippen LogP contribution < -0.4 is 19.7 Å². The first-order valence-corrected chi connectivity index (χ1v) is 7.90. The number of amides is 2. The van der Waals surface area contributed by atoms with Crippen LogP contribution in [-0.4, -0.2) is 31.3 Å². The van der Waals surface area contributed by atoms with Crippen molar-refractivity contribution in [2.75, 3.05) is 17.3 Å². The van der Waals surface area contributed by atoms with E-state index in [9.17, 15) is 22.8 Å². The maximum absolute atomic E-state index is 12.6. The first-order valence-electron chi connectivity index (χ1n) is 7.90. The van der Waals surface area contributed by atoms with Gasteiger partial charge < -0.3 is 14.8 Å². The number of methoxy groups -OCH3 is 1. The van der Waals surface area contributed by atoms with Crippen molar-refractivity contribution in [3.63, 3.8) is 0 Å². The van der Waals surface area contributed by atoms with Gasteiger partial charge in [0.15, 0.2) is 0 Å². The highest BCUT2D eigenvalue weighted by molar-refractivity contribution is 6.23. The van der Waals surface area contributed by atoms with Crippen LogP contribution in [-0.2, 0) is 9.59 Å². The summed E-state index contributed by atoms with van der Waals surface area (Å²) in [4.78, 5) is 25.9. The molecule has 0 aromatic heterocycles. The lowest BCUT2D eigenvalue weighted by Crippen LogP contribution is -2.34. The summed E-state index contributed by atoms with van der Waals surface area (Å²) in [7, 11) is 1.51. The van der Waals surface area contributed by atoms with Crippen molar-refractivity contribution in [3.05, 3.63) is 48.5 Å². The van der Waals surface area contributed by atoms with E-state index in [1.165, 1.54) is 19.2 Å². The first kappa shape index (κ1) is 18.6. The van der Waals surface area contributed by atoms with Gasteiger partial charge in [-0.15, -0.1) is 13.2 Å². The Kier molecular flexibility index (Phi) is 4.93. The second-order valence-corrected chi connectivity index (χ2v) is 5.74. The second kappa shape index (κ2) is 7.18. The van der Waals surface area contributed by atoms with E-state index in [1.54, 1.807) is 24.3 Å². The van der Waals surface area contributed by atoms with Crippen LogP contribution in [0.1, 0.15) is 6.42 Å². The van der Waals surface area contributed by atoms with Crippen molar-refractivity contribution in [2.45, 2.75) is 18.8 Å². The lowest BCUT2D eigenvalue weighted by atomic mass is 10.2. The minimum absolute atomic E-state index is 0.0638. The summed E-state index contributed by atoms with van der Waals surface area (Å²) in [5.74, 6) is -0.601. The van der Waals surface area contributed by atoms with Crippen LogP contribution in [0.3, 0.4) is 0 Å². The molecule has 1 atom stereocenters. The Labute approximate surface area is 152 Å². The molecule has 2 amide bonds. The van der Waals surface area contributed by atoms with Crippen LogP contribution >= 0.6 is 0 Å². The van der Waals surface area contributed by atoms with Gasteiger partial charge in [0.05, 0.1) is 19.2 Å². The van der Waals surface area contributed by atoms with Crippen molar-refractivity contribution in [1.82, 2.24) is 0 Å². The Balaban J connectivity index is 1.69. The minimum atomic E-state index is -4.78. The molecule has 142 valence electrons. The van der Waals surface area contributed by atoms with Gasteiger partial charge in [0.25, 0.3) is 5.91 Å². The van der Waals surface area contributed by atoms with E-state index in [0.717, 1.165) is 17.0 Å². The molecule has 0 spiro atoms. The smallest absolute Gasteiger partial charge is 0.497 e. The average Bonchev–Trinajstić information content (AvgIpc) is 2.89. The molecule has 0 unspecified atom stereocenters. The summed E-state index contributed by atoms with van der Waals surface area (Å²) in [6.45, 7) is 0. The number of nitrogens with one attached hydrogen (secondary N) is 1. The van der Waals surface area contributed by atoms with Gasteiger partial charge in [0.1, 0.15) is 17.5 Å². The normalized spacial score (nSPS) is 17.2. The predicted octanol–water partition coefficient (Wildman–Crippen LogP) is 3.34. The average molecular weight is 380 g/mol. The zero-order chi connectivity index (χ0) is 19.6. The fourth-order valence-corrected chi connectivity index (χ4v) is 2.70. The standard InChI is InChI=1S/C18H15F3N2O4/c1-26-13-8-4-12(5-9-13)23-16(24)10-15(17(23)25)22-11-2-6-14(7-3-11)27-18(19,20)21/h2-9,15,22H,10H2,1H3/t15-/m1/s1. The Morgan fingerprint density at radius 3 is 2.15 bits per heavy atom. The molecule has 0 radical (unpaired) electrons. The molecule has 1 aliphatic heterocycles. The van der Waals surface area contributed by atoms with E-state index in [0.29, 0.717) is 17.1 Å². The highest BCUT2D eigenvalue weighted by atomic mass is 19.4. The van der Waals surface area contributed by atoms with Crippen LogP contribution in [0.15, 0.2) is 48.5 Å². The topological polar surface area (TPSA) is 67.9 Å². The van der Waals surface area contributed by atoms with Gasteiger partial charge in [-0.2, -0.15) is 0 Å². The maximum Gasteiger partial charge on any atom is 0.573 e. The summed E-state index contributed by atoms with van der Waals surface area (Å²) in [5.41, 5.74) is 0.816. The zero-order valence-electron chi connectivity index (χ0n) is 14.1. The molecule has 2 aromatic rings. The van der Waals surface area contributed by atoms with Crippen molar-refractivity contribution < 1.29 is 32.2 Å². The third-order valence-electron chi connectivity index (χ3n) is 3.91. The summed E-state index contributed by atoms with van der Waals surface area (Å²) in [5, 5.41) is 2.86. The largest absolute Gasteiger partial charge is 0.573 e. The number of ether oxygens (including phenoxy) is 2. The molecule has 0 aliphatic carbocycles. The van der Waals surface area contributed by atoms with E-state index in [1.807, 2.05) is 0 Å². The summed E-state index contributed by atoms with van der Waals surface area (Å²) < 4.78 is 45.4. The SMILES string of the molecule is COc1ccc(N2C(=O)C[C@@H](Nc3ccc(OC(F)(F)F)cc3)C2=O)cc1. The Bertz CT molecular complexity index is 835. The summed E-state index contributed by atoms with van der Waals surface area (Å²) >= 11 is 0. The maximum atomic E-state index is 12.6. The number of alkyl halides is 3. The van der Waals surface area contributed by atoms with Gasteiger partial charge in [-0.25, -0.2) is 4.90 Å².